The molecule has 16 heavy (non-hydrogen) atoms. The van der Waals surface area contributed by atoms with Gasteiger partial charge in [-0.1, -0.05) is 18.2 Å². The summed E-state index contributed by atoms with van der Waals surface area (Å²) in [7, 11) is -3.24. The summed E-state index contributed by atoms with van der Waals surface area (Å²) in [5.41, 5.74) is 0.901. The van der Waals surface area contributed by atoms with E-state index >= 15 is 0 Å². The molecular formula is C11H13NO3S. The van der Waals surface area contributed by atoms with Gasteiger partial charge in [-0.3, -0.25) is 0 Å². The van der Waals surface area contributed by atoms with E-state index in [-0.39, 0.29) is 24.5 Å². The lowest BCUT2D eigenvalue weighted by Crippen LogP contribution is -2.11. The Labute approximate surface area is 95.1 Å². The molecule has 0 aliphatic rings. The minimum atomic E-state index is -3.24. The van der Waals surface area contributed by atoms with E-state index in [2.05, 4.69) is 0 Å². The highest BCUT2D eigenvalue weighted by molar-refractivity contribution is 7.90. The number of nitriles is 1. The van der Waals surface area contributed by atoms with Crippen LogP contribution in [0.1, 0.15) is 17.5 Å². The van der Waals surface area contributed by atoms with Gasteiger partial charge in [-0.05, 0) is 18.1 Å². The normalized spacial score (nSPS) is 11.0. The van der Waals surface area contributed by atoms with E-state index in [0.717, 1.165) is 0 Å². The number of nitrogens with zero attached hydrogens (tertiary/aromatic N) is 1. The van der Waals surface area contributed by atoms with Crippen LogP contribution in [0.25, 0.3) is 0 Å². The monoisotopic (exact) mass is 239 g/mol. The largest absolute Gasteiger partial charge is 0.396 e. The van der Waals surface area contributed by atoms with E-state index in [4.69, 9.17) is 10.4 Å². The lowest BCUT2D eigenvalue weighted by atomic mass is 10.1. The van der Waals surface area contributed by atoms with Gasteiger partial charge in [0.15, 0.2) is 9.84 Å². The maximum Gasteiger partial charge on any atom is 0.154 e. The fourth-order valence-electron chi connectivity index (χ4n) is 1.35. The van der Waals surface area contributed by atoms with Crippen LogP contribution in [-0.4, -0.2) is 25.9 Å². The first-order chi connectivity index (χ1) is 7.59. The van der Waals surface area contributed by atoms with Crippen LogP contribution in [0.5, 0.6) is 0 Å². The second-order valence-electron chi connectivity index (χ2n) is 3.44. The fourth-order valence-corrected chi connectivity index (χ4v) is 2.79. The number of hydrogen-bond donors (Lipinski definition) is 1. The Morgan fingerprint density at radius 2 is 2.00 bits per heavy atom. The van der Waals surface area contributed by atoms with Gasteiger partial charge < -0.3 is 5.11 Å². The number of aliphatic hydroxyl groups excluding tert-OH is 1. The molecule has 0 radical (unpaired) electrons. The minimum absolute atomic E-state index is 0.0523. The summed E-state index contributed by atoms with van der Waals surface area (Å²) in [5, 5.41) is 17.4. The Bertz CT molecular complexity index is 488. The molecule has 0 fully saturated rings. The van der Waals surface area contributed by atoms with Gasteiger partial charge in [0, 0.05) is 6.61 Å². The van der Waals surface area contributed by atoms with Gasteiger partial charge in [-0.2, -0.15) is 5.26 Å². The number of sulfone groups is 1. The van der Waals surface area contributed by atoms with Gasteiger partial charge in [-0.15, -0.1) is 0 Å². The van der Waals surface area contributed by atoms with Crippen LogP contribution in [0.3, 0.4) is 0 Å². The van der Waals surface area contributed by atoms with Gasteiger partial charge in [0.1, 0.15) is 0 Å². The minimum Gasteiger partial charge on any atom is -0.396 e. The maximum atomic E-state index is 11.6. The molecule has 0 spiro atoms. The molecule has 1 aromatic rings. The lowest BCUT2D eigenvalue weighted by molar-refractivity contribution is 0.295. The Kier molecular flexibility index (Phi) is 4.47. The summed E-state index contributed by atoms with van der Waals surface area (Å²) >= 11 is 0. The molecule has 0 saturated carbocycles. The number of rotatable bonds is 5. The lowest BCUT2D eigenvalue weighted by Gasteiger charge is -2.04. The molecule has 1 aromatic carbocycles. The third-order valence-corrected chi connectivity index (χ3v) is 3.79. The van der Waals surface area contributed by atoms with Crippen molar-refractivity contribution in [1.29, 1.82) is 5.26 Å². The molecule has 0 saturated heterocycles. The smallest absolute Gasteiger partial charge is 0.154 e. The third kappa shape index (κ3) is 3.65. The van der Waals surface area contributed by atoms with Crippen molar-refractivity contribution in [3.05, 3.63) is 35.4 Å². The molecule has 0 aromatic heterocycles. The Hall–Kier alpha value is -1.38. The highest BCUT2D eigenvalue weighted by Gasteiger charge is 2.13. The van der Waals surface area contributed by atoms with E-state index in [1.807, 2.05) is 6.07 Å². The Balaban J connectivity index is 2.85. The molecule has 86 valence electrons. The van der Waals surface area contributed by atoms with Gasteiger partial charge >= 0.3 is 0 Å². The van der Waals surface area contributed by atoms with Gasteiger partial charge in [-0.25, -0.2) is 8.42 Å². The van der Waals surface area contributed by atoms with Crippen molar-refractivity contribution < 1.29 is 13.5 Å². The SMILES string of the molecule is N#Cc1ccccc1CS(=O)(=O)CCCO. The predicted octanol–water partition coefficient (Wildman–Crippen LogP) is 0.855. The molecule has 0 bridgehead atoms. The van der Waals surface area contributed by atoms with Crippen molar-refractivity contribution >= 4 is 9.84 Å². The summed E-state index contributed by atoms with van der Waals surface area (Å²) in [5.74, 6) is -0.194. The zero-order valence-corrected chi connectivity index (χ0v) is 9.57. The Morgan fingerprint density at radius 1 is 1.31 bits per heavy atom. The van der Waals surface area contributed by atoms with Crippen LogP contribution in [-0.2, 0) is 15.6 Å². The van der Waals surface area contributed by atoms with Crippen LogP contribution in [0.4, 0.5) is 0 Å². The van der Waals surface area contributed by atoms with Crippen molar-refractivity contribution in [2.45, 2.75) is 12.2 Å². The summed E-state index contributed by atoms with van der Waals surface area (Å²) in [6.07, 6.45) is 0.233. The molecule has 0 unspecified atom stereocenters. The average molecular weight is 239 g/mol. The van der Waals surface area contributed by atoms with E-state index in [1.165, 1.54) is 0 Å². The van der Waals surface area contributed by atoms with Crippen LogP contribution < -0.4 is 0 Å². The van der Waals surface area contributed by atoms with E-state index < -0.39 is 9.84 Å². The summed E-state index contributed by atoms with van der Waals surface area (Å²) < 4.78 is 23.2. The average Bonchev–Trinajstić information content (AvgIpc) is 2.27. The zero-order chi connectivity index (χ0) is 12.0. The molecule has 1 rings (SSSR count). The van der Waals surface area contributed by atoms with Gasteiger partial charge in [0.05, 0.1) is 23.1 Å². The van der Waals surface area contributed by atoms with Crippen LogP contribution >= 0.6 is 0 Å². The molecule has 0 atom stereocenters. The van der Waals surface area contributed by atoms with E-state index in [1.54, 1.807) is 24.3 Å². The first-order valence-electron chi connectivity index (χ1n) is 4.88. The second-order valence-corrected chi connectivity index (χ2v) is 5.62. The highest BCUT2D eigenvalue weighted by Crippen LogP contribution is 2.12. The molecule has 0 amide bonds. The standard InChI is InChI=1S/C11H13NO3S/c12-8-10-4-1-2-5-11(10)9-16(14,15)7-3-6-13/h1-2,4-5,13H,3,6-7,9H2. The molecule has 0 heterocycles. The number of benzene rings is 1. The quantitative estimate of drug-likeness (QED) is 0.826. The first-order valence-corrected chi connectivity index (χ1v) is 6.70. The van der Waals surface area contributed by atoms with E-state index in [9.17, 15) is 8.42 Å². The third-order valence-electron chi connectivity index (χ3n) is 2.13. The summed E-state index contributed by atoms with van der Waals surface area (Å²) in [6, 6.07) is 8.59. The number of aliphatic hydroxyl groups is 1. The maximum absolute atomic E-state index is 11.6. The van der Waals surface area contributed by atoms with Crippen molar-refractivity contribution in [2.24, 2.45) is 0 Å². The van der Waals surface area contributed by atoms with Crippen LogP contribution in [0, 0.1) is 11.3 Å². The summed E-state index contributed by atoms with van der Waals surface area (Å²) in [6.45, 7) is -0.140. The van der Waals surface area contributed by atoms with Crippen molar-refractivity contribution in [2.75, 3.05) is 12.4 Å². The molecule has 0 aliphatic heterocycles. The highest BCUT2D eigenvalue weighted by atomic mass is 32.2. The van der Waals surface area contributed by atoms with Gasteiger partial charge in [0.25, 0.3) is 0 Å². The second kappa shape index (κ2) is 5.64. The molecule has 0 aliphatic carbocycles. The van der Waals surface area contributed by atoms with Crippen molar-refractivity contribution in [3.8, 4) is 6.07 Å². The van der Waals surface area contributed by atoms with Crippen LogP contribution in [0.2, 0.25) is 0 Å². The molecule has 1 N–H and O–H groups in total. The van der Waals surface area contributed by atoms with Crippen molar-refractivity contribution in [3.63, 3.8) is 0 Å². The van der Waals surface area contributed by atoms with Gasteiger partial charge in [0.2, 0.25) is 0 Å². The molecule has 4 nitrogen and oxygen atoms in total. The molecular weight excluding hydrogens is 226 g/mol. The Morgan fingerprint density at radius 3 is 2.62 bits per heavy atom. The fraction of sp³-hybridized carbons (Fsp3) is 0.364. The van der Waals surface area contributed by atoms with Crippen molar-refractivity contribution in [1.82, 2.24) is 0 Å². The molecule has 5 heteroatoms. The number of hydrogen-bond acceptors (Lipinski definition) is 4. The summed E-state index contributed by atoms with van der Waals surface area (Å²) in [4.78, 5) is 0. The first kappa shape index (κ1) is 12.7. The predicted molar refractivity (Wildman–Crippen MR) is 60.4 cm³/mol. The van der Waals surface area contributed by atoms with Crippen LogP contribution in [0.15, 0.2) is 24.3 Å². The van der Waals surface area contributed by atoms with E-state index in [0.29, 0.717) is 11.1 Å². The topological polar surface area (TPSA) is 78.2 Å². The zero-order valence-electron chi connectivity index (χ0n) is 8.76.